The molecule has 0 bridgehead atoms. The van der Waals surface area contributed by atoms with Gasteiger partial charge in [-0.2, -0.15) is 10.5 Å². The van der Waals surface area contributed by atoms with Gasteiger partial charge in [0.15, 0.2) is 0 Å². The highest BCUT2D eigenvalue weighted by Crippen LogP contribution is 2.22. The summed E-state index contributed by atoms with van der Waals surface area (Å²) < 4.78 is 0. The molecule has 0 aliphatic rings. The second kappa shape index (κ2) is 8.41. The molecule has 0 aromatic heterocycles. The molecule has 0 heterocycles. The number of nitrogens with zero attached hydrogens (tertiary/aromatic N) is 2. The van der Waals surface area contributed by atoms with Crippen LogP contribution in [0.4, 0.5) is 11.4 Å². The predicted octanol–water partition coefficient (Wildman–Crippen LogP) is 4.44. The Labute approximate surface area is 143 Å². The van der Waals surface area contributed by atoms with Gasteiger partial charge in [-0.05, 0) is 60.4 Å². The summed E-state index contributed by atoms with van der Waals surface area (Å²) in [4.78, 5) is 0. The number of benzene rings is 2. The molecule has 2 rings (SSSR count). The molecule has 0 amide bonds. The van der Waals surface area contributed by atoms with E-state index >= 15 is 0 Å². The van der Waals surface area contributed by atoms with E-state index in [1.54, 1.807) is 30.3 Å². The van der Waals surface area contributed by atoms with Crippen LogP contribution in [-0.4, -0.2) is 0 Å². The van der Waals surface area contributed by atoms with Crippen LogP contribution in [0.1, 0.15) is 48.9 Å². The highest BCUT2D eigenvalue weighted by atomic mass is 14.6. The van der Waals surface area contributed by atoms with Crippen LogP contribution in [0.2, 0.25) is 0 Å². The highest BCUT2D eigenvalue weighted by molar-refractivity contribution is 5.73. The molecule has 4 N–H and O–H groups in total. The van der Waals surface area contributed by atoms with Crippen molar-refractivity contribution in [2.24, 2.45) is 0 Å². The van der Waals surface area contributed by atoms with Crippen LogP contribution in [-0.2, 0) is 0 Å². The second-order valence-electron chi connectivity index (χ2n) is 5.80. The van der Waals surface area contributed by atoms with Gasteiger partial charge in [-0.1, -0.05) is 20.4 Å². The molecule has 0 unspecified atom stereocenters. The highest BCUT2D eigenvalue weighted by Gasteiger charge is 2.04. The molecule has 0 aliphatic heterocycles. The van der Waals surface area contributed by atoms with Crippen LogP contribution < -0.4 is 11.5 Å². The Bertz CT molecular complexity index is 821. The van der Waals surface area contributed by atoms with Crippen LogP contribution in [0.25, 0.3) is 5.57 Å². The maximum absolute atomic E-state index is 8.64. The summed E-state index contributed by atoms with van der Waals surface area (Å²) in [6.45, 7) is 9.76. The number of nitrogens with two attached hydrogens (primary N) is 2. The molecule has 122 valence electrons. The van der Waals surface area contributed by atoms with Crippen molar-refractivity contribution in [3.8, 4) is 12.1 Å². The second-order valence-corrected chi connectivity index (χ2v) is 5.80. The largest absolute Gasteiger partial charge is 0.398 e. The monoisotopic (exact) mass is 318 g/mol. The molecule has 0 atom stereocenters. The lowest BCUT2D eigenvalue weighted by atomic mass is 9.99. The lowest BCUT2D eigenvalue weighted by molar-refractivity contribution is 0.869. The van der Waals surface area contributed by atoms with E-state index in [9.17, 15) is 0 Å². The zero-order valence-electron chi connectivity index (χ0n) is 14.3. The van der Waals surface area contributed by atoms with Crippen molar-refractivity contribution in [2.75, 3.05) is 11.5 Å². The van der Waals surface area contributed by atoms with Gasteiger partial charge < -0.3 is 11.5 Å². The molecular formula is C20H22N4. The minimum atomic E-state index is 0.373. The Morgan fingerprint density at radius 2 is 1.46 bits per heavy atom. The predicted molar refractivity (Wildman–Crippen MR) is 99.9 cm³/mol. The Kier molecular flexibility index (Phi) is 6.59. The lowest BCUT2D eigenvalue weighted by Gasteiger charge is -2.08. The fraction of sp³-hybridized carbons (Fsp3) is 0.200. The summed E-state index contributed by atoms with van der Waals surface area (Å²) in [7, 11) is 0. The number of hydrogen-bond acceptors (Lipinski definition) is 4. The van der Waals surface area contributed by atoms with Gasteiger partial charge in [0.25, 0.3) is 0 Å². The van der Waals surface area contributed by atoms with Crippen molar-refractivity contribution in [2.45, 2.75) is 26.7 Å². The maximum atomic E-state index is 8.64. The van der Waals surface area contributed by atoms with Crippen LogP contribution >= 0.6 is 0 Å². The Balaban J connectivity index is 0.000000240. The van der Waals surface area contributed by atoms with E-state index in [0.717, 1.165) is 22.4 Å². The van der Waals surface area contributed by atoms with Crippen molar-refractivity contribution in [1.82, 2.24) is 0 Å². The number of nitrogen functional groups attached to an aromatic ring is 2. The molecule has 2 aromatic rings. The molecule has 0 saturated heterocycles. The van der Waals surface area contributed by atoms with Gasteiger partial charge in [-0.25, -0.2) is 0 Å². The summed E-state index contributed by atoms with van der Waals surface area (Å²) in [5, 5.41) is 17.3. The fourth-order valence-electron chi connectivity index (χ4n) is 2.14. The quantitative estimate of drug-likeness (QED) is 0.799. The van der Waals surface area contributed by atoms with Crippen molar-refractivity contribution in [3.63, 3.8) is 0 Å². The van der Waals surface area contributed by atoms with E-state index in [0.29, 0.717) is 22.7 Å². The summed E-state index contributed by atoms with van der Waals surface area (Å²) in [5.74, 6) is 0.373. The van der Waals surface area contributed by atoms with E-state index < -0.39 is 0 Å². The van der Waals surface area contributed by atoms with Crippen LogP contribution in [0.15, 0.2) is 43.0 Å². The normalized spacial score (nSPS) is 9.42. The van der Waals surface area contributed by atoms with Gasteiger partial charge in [0, 0.05) is 16.9 Å². The molecule has 4 nitrogen and oxygen atoms in total. The number of allylic oxidation sites excluding steroid dienone is 1. The van der Waals surface area contributed by atoms with Crippen molar-refractivity contribution >= 4 is 16.9 Å². The van der Waals surface area contributed by atoms with Gasteiger partial charge in [-0.15, -0.1) is 0 Å². The van der Waals surface area contributed by atoms with Crippen LogP contribution in [0.3, 0.4) is 0 Å². The Morgan fingerprint density at radius 1 is 0.958 bits per heavy atom. The maximum Gasteiger partial charge on any atom is 0.0991 e. The van der Waals surface area contributed by atoms with E-state index in [1.807, 2.05) is 13.0 Å². The number of nitriles is 2. The summed E-state index contributed by atoms with van der Waals surface area (Å²) >= 11 is 0. The first kappa shape index (κ1) is 18.8. The van der Waals surface area contributed by atoms with Crippen molar-refractivity contribution in [3.05, 3.63) is 65.2 Å². The minimum Gasteiger partial charge on any atom is -0.398 e. The lowest BCUT2D eigenvalue weighted by Crippen LogP contribution is -1.96. The third kappa shape index (κ3) is 4.90. The summed E-state index contributed by atoms with van der Waals surface area (Å²) in [5.41, 5.74) is 16.9. The molecular weight excluding hydrogens is 296 g/mol. The van der Waals surface area contributed by atoms with Gasteiger partial charge in [0.05, 0.1) is 23.3 Å². The zero-order valence-corrected chi connectivity index (χ0v) is 14.3. The molecule has 0 fully saturated rings. The average molecular weight is 318 g/mol. The van der Waals surface area contributed by atoms with E-state index in [4.69, 9.17) is 22.0 Å². The number of rotatable bonds is 2. The third-order valence-corrected chi connectivity index (χ3v) is 3.48. The van der Waals surface area contributed by atoms with Gasteiger partial charge in [-0.3, -0.25) is 0 Å². The Morgan fingerprint density at radius 3 is 1.92 bits per heavy atom. The number of anilines is 2. The molecule has 2 aromatic carbocycles. The van der Waals surface area contributed by atoms with Crippen molar-refractivity contribution in [1.29, 1.82) is 10.5 Å². The fourth-order valence-corrected chi connectivity index (χ4v) is 2.14. The van der Waals surface area contributed by atoms with Crippen LogP contribution in [0, 0.1) is 22.7 Å². The Hall–Kier alpha value is -3.24. The van der Waals surface area contributed by atoms with E-state index in [-0.39, 0.29) is 0 Å². The van der Waals surface area contributed by atoms with E-state index in [2.05, 4.69) is 32.6 Å². The molecule has 0 spiro atoms. The van der Waals surface area contributed by atoms with Gasteiger partial charge in [0.1, 0.15) is 0 Å². The number of hydrogen-bond donors (Lipinski definition) is 2. The minimum absolute atomic E-state index is 0.373. The average Bonchev–Trinajstić information content (AvgIpc) is 2.56. The first-order valence-corrected chi connectivity index (χ1v) is 7.55. The topological polar surface area (TPSA) is 99.6 Å². The summed E-state index contributed by atoms with van der Waals surface area (Å²) in [6.07, 6.45) is 0. The van der Waals surface area contributed by atoms with Crippen LogP contribution in [0.5, 0.6) is 0 Å². The molecule has 4 heteroatoms. The van der Waals surface area contributed by atoms with Gasteiger partial charge in [0.2, 0.25) is 0 Å². The first-order valence-electron chi connectivity index (χ1n) is 7.55. The standard InChI is InChI=1S/C10H12N2.C10H10N2/c2*1-7(2)9-5-8(6-11)3-4-10(9)12/h3-5,7H,12H2,1-2H3;3-5H,1,12H2,2H3. The SMILES string of the molecule is C=C(C)c1cc(C#N)ccc1N.CC(C)c1cc(C#N)ccc1N. The molecule has 0 radical (unpaired) electrons. The summed E-state index contributed by atoms with van der Waals surface area (Å²) in [6, 6.07) is 14.7. The van der Waals surface area contributed by atoms with Gasteiger partial charge >= 0.3 is 0 Å². The molecule has 0 saturated carbocycles. The molecule has 24 heavy (non-hydrogen) atoms. The third-order valence-electron chi connectivity index (χ3n) is 3.48. The zero-order chi connectivity index (χ0) is 18.3. The van der Waals surface area contributed by atoms with E-state index in [1.165, 1.54) is 0 Å². The van der Waals surface area contributed by atoms with Crippen molar-refractivity contribution < 1.29 is 0 Å². The first-order chi connectivity index (χ1) is 11.3. The molecule has 0 aliphatic carbocycles. The smallest absolute Gasteiger partial charge is 0.0991 e.